The first-order valence-corrected chi connectivity index (χ1v) is 8.83. The zero-order valence-corrected chi connectivity index (χ0v) is 14.2. The highest BCUT2D eigenvalue weighted by Gasteiger charge is 2.34. The van der Waals surface area contributed by atoms with Gasteiger partial charge in [0.1, 0.15) is 0 Å². The molecule has 0 bridgehead atoms. The van der Waals surface area contributed by atoms with Gasteiger partial charge in [-0.3, -0.25) is 9.69 Å². The fourth-order valence-corrected chi connectivity index (χ4v) is 5.04. The van der Waals surface area contributed by atoms with Crippen LogP contribution in [0.25, 0.3) is 0 Å². The molecule has 4 rings (SSSR count). The number of fused-ring (bicyclic) bond motifs is 4. The zero-order valence-electron chi connectivity index (χ0n) is 13.4. The molecule has 0 radical (unpaired) electrons. The predicted octanol–water partition coefficient (Wildman–Crippen LogP) is 2.74. The lowest BCUT2D eigenvalue weighted by molar-refractivity contribution is -0.136. The number of aromatic hydroxyl groups is 1. The van der Waals surface area contributed by atoms with Crippen LogP contribution in [0.15, 0.2) is 18.2 Å². The van der Waals surface area contributed by atoms with Crippen LogP contribution in [0, 0.1) is 0 Å². The zero-order chi connectivity index (χ0) is 16.8. The van der Waals surface area contributed by atoms with Crippen LogP contribution in [0.5, 0.6) is 11.5 Å². The Morgan fingerprint density at radius 3 is 2.96 bits per heavy atom. The molecular weight excluding hydrogens is 326 g/mol. The van der Waals surface area contributed by atoms with Crippen molar-refractivity contribution in [1.82, 2.24) is 4.90 Å². The standard InChI is InChI=1S/C18H19NO4S/c1-23-16-5-10-2-3-19-9-11-4-12(6-18(21)22)24-17(11)8-14(19)13(10)7-15(16)20/h4-5,7,14,20H,2-3,6,8-9H2,1H3,(H,21,22)/t14-/m0/s1. The summed E-state index contributed by atoms with van der Waals surface area (Å²) in [4.78, 5) is 15.6. The third kappa shape index (κ3) is 2.56. The molecule has 1 atom stereocenters. The summed E-state index contributed by atoms with van der Waals surface area (Å²) >= 11 is 1.61. The number of phenols is 1. The topological polar surface area (TPSA) is 70.0 Å². The monoisotopic (exact) mass is 345 g/mol. The van der Waals surface area contributed by atoms with Crippen LogP contribution in [0.3, 0.4) is 0 Å². The van der Waals surface area contributed by atoms with Crippen molar-refractivity contribution in [2.75, 3.05) is 13.7 Å². The first kappa shape index (κ1) is 15.5. The van der Waals surface area contributed by atoms with E-state index in [1.165, 1.54) is 21.6 Å². The molecule has 2 aliphatic rings. The molecule has 0 saturated carbocycles. The second kappa shape index (κ2) is 5.79. The summed E-state index contributed by atoms with van der Waals surface area (Å²) in [5.41, 5.74) is 3.66. The van der Waals surface area contributed by atoms with Gasteiger partial charge in [-0.15, -0.1) is 11.3 Å². The first-order chi connectivity index (χ1) is 11.5. The lowest BCUT2D eigenvalue weighted by Gasteiger charge is -2.40. The highest BCUT2D eigenvalue weighted by molar-refractivity contribution is 7.12. The minimum Gasteiger partial charge on any atom is -0.504 e. The number of hydrogen-bond acceptors (Lipinski definition) is 5. The second-order valence-corrected chi connectivity index (χ2v) is 7.62. The third-order valence-corrected chi connectivity index (χ3v) is 6.13. The fraction of sp³-hybridized carbons (Fsp3) is 0.389. The highest BCUT2D eigenvalue weighted by Crippen LogP contribution is 2.43. The molecule has 6 heteroatoms. The van der Waals surface area contributed by atoms with Crippen LogP contribution >= 0.6 is 11.3 Å². The SMILES string of the molecule is COc1cc2c(cc1O)[C@@H]1Cc3sc(CC(=O)O)cc3CN1CC2. The van der Waals surface area contributed by atoms with Gasteiger partial charge >= 0.3 is 5.97 Å². The Hall–Kier alpha value is -2.05. The second-order valence-electron chi connectivity index (χ2n) is 6.39. The summed E-state index contributed by atoms with van der Waals surface area (Å²) in [7, 11) is 1.57. The number of carboxylic acids is 1. The van der Waals surface area contributed by atoms with Crippen molar-refractivity contribution >= 4 is 17.3 Å². The Kier molecular flexibility index (Phi) is 3.73. The number of thiophene rings is 1. The van der Waals surface area contributed by atoms with E-state index < -0.39 is 5.97 Å². The van der Waals surface area contributed by atoms with E-state index in [0.29, 0.717) is 5.75 Å². The van der Waals surface area contributed by atoms with Crippen LogP contribution in [-0.2, 0) is 30.6 Å². The van der Waals surface area contributed by atoms with E-state index in [9.17, 15) is 9.90 Å². The van der Waals surface area contributed by atoms with Gasteiger partial charge in [0.2, 0.25) is 0 Å². The number of aliphatic carboxylic acids is 1. The van der Waals surface area contributed by atoms with Crippen molar-refractivity contribution in [2.45, 2.75) is 31.8 Å². The van der Waals surface area contributed by atoms with Gasteiger partial charge in [0.15, 0.2) is 11.5 Å². The van der Waals surface area contributed by atoms with E-state index in [-0.39, 0.29) is 18.2 Å². The van der Waals surface area contributed by atoms with Gasteiger partial charge < -0.3 is 14.9 Å². The summed E-state index contributed by atoms with van der Waals surface area (Å²) in [6.45, 7) is 1.82. The summed E-state index contributed by atoms with van der Waals surface area (Å²) in [5, 5.41) is 19.2. The molecule has 2 aliphatic heterocycles. The van der Waals surface area contributed by atoms with Crippen molar-refractivity contribution in [1.29, 1.82) is 0 Å². The van der Waals surface area contributed by atoms with E-state index >= 15 is 0 Å². The van der Waals surface area contributed by atoms with E-state index in [4.69, 9.17) is 9.84 Å². The van der Waals surface area contributed by atoms with E-state index in [1.54, 1.807) is 18.4 Å². The Morgan fingerprint density at radius 2 is 2.21 bits per heavy atom. The molecule has 2 aromatic rings. The molecule has 1 aromatic carbocycles. The van der Waals surface area contributed by atoms with E-state index in [0.717, 1.165) is 30.8 Å². The number of benzene rings is 1. The Morgan fingerprint density at radius 1 is 1.38 bits per heavy atom. The maximum absolute atomic E-state index is 11.0. The molecule has 0 aliphatic carbocycles. The first-order valence-electron chi connectivity index (χ1n) is 8.01. The fourth-order valence-electron chi connectivity index (χ4n) is 3.83. The summed E-state index contributed by atoms with van der Waals surface area (Å²) in [5.74, 6) is -0.0751. The quantitative estimate of drug-likeness (QED) is 0.895. The van der Waals surface area contributed by atoms with Gasteiger partial charge in [0.25, 0.3) is 0 Å². The number of carbonyl (C=O) groups is 1. The summed E-state index contributed by atoms with van der Waals surface area (Å²) < 4.78 is 5.23. The number of hydrogen-bond donors (Lipinski definition) is 2. The molecule has 0 unspecified atom stereocenters. The Balaban J connectivity index is 1.68. The lowest BCUT2D eigenvalue weighted by atomic mass is 9.86. The van der Waals surface area contributed by atoms with Crippen LogP contribution in [-0.4, -0.2) is 34.7 Å². The molecule has 126 valence electrons. The molecule has 0 saturated heterocycles. The average molecular weight is 345 g/mol. The number of methoxy groups -OCH3 is 1. The van der Waals surface area contributed by atoms with Crippen molar-refractivity contribution < 1.29 is 19.7 Å². The molecule has 2 N–H and O–H groups in total. The molecule has 0 fully saturated rings. The molecular formula is C18H19NO4S. The van der Waals surface area contributed by atoms with Gasteiger partial charge in [-0.2, -0.15) is 0 Å². The normalized spacial score (nSPS) is 19.3. The van der Waals surface area contributed by atoms with E-state index in [2.05, 4.69) is 4.90 Å². The van der Waals surface area contributed by atoms with Gasteiger partial charge in [0.05, 0.1) is 13.5 Å². The molecule has 24 heavy (non-hydrogen) atoms. The van der Waals surface area contributed by atoms with Crippen molar-refractivity contribution in [3.63, 3.8) is 0 Å². The number of phenolic OH excluding ortho intramolecular Hbond substituents is 1. The van der Waals surface area contributed by atoms with Crippen LogP contribution in [0.1, 0.15) is 32.5 Å². The predicted molar refractivity (Wildman–Crippen MR) is 90.9 cm³/mol. The van der Waals surface area contributed by atoms with Crippen molar-refractivity contribution in [3.05, 3.63) is 44.6 Å². The number of ether oxygens (including phenoxy) is 1. The van der Waals surface area contributed by atoms with Crippen molar-refractivity contribution in [2.24, 2.45) is 0 Å². The average Bonchev–Trinajstić information content (AvgIpc) is 2.92. The molecule has 0 amide bonds. The van der Waals surface area contributed by atoms with Gasteiger partial charge in [-0.1, -0.05) is 0 Å². The summed E-state index contributed by atoms with van der Waals surface area (Å²) in [6, 6.07) is 6.07. The van der Waals surface area contributed by atoms with Crippen LogP contribution in [0.2, 0.25) is 0 Å². The minimum atomic E-state index is -0.784. The number of nitrogens with zero attached hydrogens (tertiary/aromatic N) is 1. The Bertz CT molecular complexity index is 814. The van der Waals surface area contributed by atoms with Crippen LogP contribution < -0.4 is 4.74 Å². The lowest BCUT2D eigenvalue weighted by Crippen LogP contribution is -2.38. The number of carboxylic acid groups (broad SMARTS) is 1. The molecule has 0 spiro atoms. The molecule has 5 nitrogen and oxygen atoms in total. The van der Waals surface area contributed by atoms with Crippen LogP contribution in [0.4, 0.5) is 0 Å². The van der Waals surface area contributed by atoms with E-state index in [1.807, 2.05) is 18.2 Å². The third-order valence-electron chi connectivity index (χ3n) is 4.93. The summed E-state index contributed by atoms with van der Waals surface area (Å²) in [6.07, 6.45) is 1.90. The minimum absolute atomic E-state index is 0.0942. The smallest absolute Gasteiger partial charge is 0.308 e. The van der Waals surface area contributed by atoms with Gasteiger partial charge in [0, 0.05) is 35.3 Å². The highest BCUT2D eigenvalue weighted by atomic mass is 32.1. The largest absolute Gasteiger partial charge is 0.504 e. The molecule has 1 aromatic heterocycles. The Labute approximate surface area is 144 Å². The van der Waals surface area contributed by atoms with Gasteiger partial charge in [-0.25, -0.2) is 0 Å². The molecule has 3 heterocycles. The van der Waals surface area contributed by atoms with Gasteiger partial charge in [-0.05, 0) is 41.3 Å². The maximum atomic E-state index is 11.0. The number of rotatable bonds is 3. The maximum Gasteiger partial charge on any atom is 0.308 e. The van der Waals surface area contributed by atoms with Crippen molar-refractivity contribution in [3.8, 4) is 11.5 Å².